The summed E-state index contributed by atoms with van der Waals surface area (Å²) in [5, 5.41) is 2.20. The Morgan fingerprint density at radius 1 is 1.67 bits per heavy atom. The Morgan fingerprint density at radius 2 is 2.33 bits per heavy atom. The van der Waals surface area contributed by atoms with Crippen molar-refractivity contribution >= 4 is 18.0 Å². The van der Waals surface area contributed by atoms with Gasteiger partial charge in [0.25, 0.3) is 0 Å². The van der Waals surface area contributed by atoms with Crippen LogP contribution < -0.4 is 5.32 Å². The van der Waals surface area contributed by atoms with Crippen LogP contribution in [0.1, 0.15) is 0 Å². The fourth-order valence-corrected chi connectivity index (χ4v) is 0.148. The molecular weight excluding hydrogens is 101 g/mol. The lowest BCUT2D eigenvalue weighted by molar-refractivity contribution is -0.108. The number of carbonyl (C=O) groups excluding carboxylic acids is 1. The first-order chi connectivity index (χ1) is 2.91. The lowest BCUT2D eigenvalue weighted by atomic mass is 11.0. The predicted molar refractivity (Wildman–Crippen MR) is 24.2 cm³/mol. The molecule has 0 radical (unpaired) electrons. The average molecular weight is 106 g/mol. The number of hydrogen-bond donors (Lipinski definition) is 1. The van der Waals surface area contributed by atoms with Gasteiger partial charge in [-0.25, -0.2) is 0 Å². The van der Waals surface area contributed by atoms with Crippen LogP contribution in [0.25, 0.3) is 0 Å². The topological polar surface area (TPSA) is 29.1 Å². The van der Waals surface area contributed by atoms with Crippen molar-refractivity contribution in [3.63, 3.8) is 0 Å². The monoisotopic (exact) mass is 105 g/mol. The molecule has 0 bridgehead atoms. The molecule has 0 aliphatic rings. The van der Waals surface area contributed by atoms with Crippen LogP contribution in [0.2, 0.25) is 0 Å². The van der Waals surface area contributed by atoms with Gasteiger partial charge in [-0.2, -0.15) is 0 Å². The summed E-state index contributed by atoms with van der Waals surface area (Å²) in [4.78, 5) is 9.34. The van der Waals surface area contributed by atoms with Gasteiger partial charge in [-0.1, -0.05) is 11.6 Å². The lowest BCUT2D eigenvalue weighted by Gasteiger charge is -1.73. The van der Waals surface area contributed by atoms with Gasteiger partial charge in [0, 0.05) is 11.7 Å². The smallest absolute Gasteiger partial charge is 0.211 e. The Morgan fingerprint density at radius 3 is 2.50 bits per heavy atom. The minimum atomic E-state index is 0.541. The van der Waals surface area contributed by atoms with Crippen molar-refractivity contribution in [3.8, 4) is 0 Å². The second-order valence-electron chi connectivity index (χ2n) is 0.577. The number of nitrogens with one attached hydrogen (secondary N) is 1. The van der Waals surface area contributed by atoms with Crippen LogP contribution in [0, 0.1) is 0 Å². The molecule has 0 spiro atoms. The molecule has 2 nitrogen and oxygen atoms in total. The first-order valence-corrected chi connectivity index (χ1v) is 1.80. The molecule has 0 unspecified atom stereocenters. The zero-order chi connectivity index (χ0) is 4.83. The van der Waals surface area contributed by atoms with E-state index in [9.17, 15) is 4.79 Å². The van der Waals surface area contributed by atoms with Gasteiger partial charge in [0.15, 0.2) is 0 Å². The molecule has 0 aromatic carbocycles. The highest BCUT2D eigenvalue weighted by atomic mass is 35.5. The van der Waals surface area contributed by atoms with E-state index in [0.29, 0.717) is 6.41 Å². The highest BCUT2D eigenvalue weighted by molar-refractivity contribution is 6.25. The molecule has 0 saturated carbocycles. The lowest BCUT2D eigenvalue weighted by Crippen LogP contribution is -1.96. The SMILES string of the molecule is O=CN/C=C\Cl. The van der Waals surface area contributed by atoms with Crippen LogP contribution in [0.4, 0.5) is 0 Å². The Kier molecular flexibility index (Phi) is 4.12. The molecule has 34 valence electrons. The minimum Gasteiger partial charge on any atom is -0.334 e. The van der Waals surface area contributed by atoms with Crippen molar-refractivity contribution in [2.75, 3.05) is 0 Å². The van der Waals surface area contributed by atoms with Gasteiger partial charge in [-0.3, -0.25) is 4.79 Å². The van der Waals surface area contributed by atoms with Gasteiger partial charge in [0.1, 0.15) is 0 Å². The second-order valence-corrected chi connectivity index (χ2v) is 0.829. The normalized spacial score (nSPS) is 8.83. The number of carbonyl (C=O) groups is 1. The molecule has 0 rings (SSSR count). The highest BCUT2D eigenvalue weighted by Gasteiger charge is 1.57. The zero-order valence-electron chi connectivity index (χ0n) is 3.02. The van der Waals surface area contributed by atoms with Crippen molar-refractivity contribution in [1.29, 1.82) is 0 Å². The van der Waals surface area contributed by atoms with E-state index in [1.54, 1.807) is 0 Å². The standard InChI is InChI=1S/C3H4ClNO/c4-1-2-5-3-6/h1-3H,(H,5,6)/b2-1-. The van der Waals surface area contributed by atoms with E-state index in [2.05, 4.69) is 5.32 Å². The molecular formula is C3H4ClNO. The molecule has 1 N–H and O–H groups in total. The van der Waals surface area contributed by atoms with E-state index in [1.165, 1.54) is 11.7 Å². The molecule has 3 heteroatoms. The van der Waals surface area contributed by atoms with Gasteiger partial charge < -0.3 is 5.32 Å². The Bertz CT molecular complexity index is 61.8. The van der Waals surface area contributed by atoms with E-state index in [1.807, 2.05) is 0 Å². The van der Waals surface area contributed by atoms with Crippen LogP contribution >= 0.6 is 11.6 Å². The van der Waals surface area contributed by atoms with Gasteiger partial charge >= 0.3 is 0 Å². The fraction of sp³-hybridized carbons (Fsp3) is 0. The maximum atomic E-state index is 9.34. The van der Waals surface area contributed by atoms with Gasteiger partial charge in [0.05, 0.1) is 0 Å². The van der Waals surface area contributed by atoms with Crippen LogP contribution in [-0.2, 0) is 4.79 Å². The van der Waals surface area contributed by atoms with Crippen LogP contribution in [0.3, 0.4) is 0 Å². The number of amides is 1. The van der Waals surface area contributed by atoms with E-state index >= 15 is 0 Å². The van der Waals surface area contributed by atoms with E-state index in [-0.39, 0.29) is 0 Å². The second kappa shape index (κ2) is 4.50. The number of hydrogen-bond acceptors (Lipinski definition) is 1. The first-order valence-electron chi connectivity index (χ1n) is 1.36. The van der Waals surface area contributed by atoms with E-state index in [0.717, 1.165) is 0 Å². The van der Waals surface area contributed by atoms with Crippen molar-refractivity contribution in [1.82, 2.24) is 5.32 Å². The van der Waals surface area contributed by atoms with Gasteiger partial charge in [-0.15, -0.1) is 0 Å². The van der Waals surface area contributed by atoms with Crippen molar-refractivity contribution in [2.24, 2.45) is 0 Å². The summed E-state index contributed by atoms with van der Waals surface area (Å²) in [6.45, 7) is 0. The van der Waals surface area contributed by atoms with Crippen LogP contribution in [-0.4, -0.2) is 6.41 Å². The first kappa shape index (κ1) is 5.50. The average Bonchev–Trinajstić information content (AvgIpc) is 1.61. The molecule has 0 aromatic heterocycles. The predicted octanol–water partition coefficient (Wildman–Crippen LogP) is 0.442. The summed E-state index contributed by atoms with van der Waals surface area (Å²) in [6.07, 6.45) is 1.87. The summed E-state index contributed by atoms with van der Waals surface area (Å²) in [7, 11) is 0. The Hall–Kier alpha value is -0.500. The molecule has 0 aliphatic carbocycles. The van der Waals surface area contributed by atoms with Gasteiger partial charge in [-0.05, 0) is 0 Å². The quantitative estimate of drug-likeness (QED) is 0.508. The summed E-state index contributed by atoms with van der Waals surface area (Å²) in [5.74, 6) is 0. The maximum absolute atomic E-state index is 9.34. The zero-order valence-corrected chi connectivity index (χ0v) is 3.77. The molecule has 0 heterocycles. The molecule has 6 heavy (non-hydrogen) atoms. The maximum Gasteiger partial charge on any atom is 0.211 e. The van der Waals surface area contributed by atoms with Crippen molar-refractivity contribution in [3.05, 3.63) is 11.7 Å². The molecule has 0 aliphatic heterocycles. The third-order valence-corrected chi connectivity index (χ3v) is 0.353. The summed E-state index contributed by atoms with van der Waals surface area (Å²) in [6, 6.07) is 0. The van der Waals surface area contributed by atoms with Crippen molar-refractivity contribution < 1.29 is 4.79 Å². The molecule has 0 saturated heterocycles. The van der Waals surface area contributed by atoms with Crippen LogP contribution in [0.5, 0.6) is 0 Å². The summed E-state index contributed by atoms with van der Waals surface area (Å²) in [5.41, 5.74) is 1.22. The molecule has 0 aromatic rings. The third kappa shape index (κ3) is 3.50. The van der Waals surface area contributed by atoms with E-state index in [4.69, 9.17) is 11.6 Å². The largest absolute Gasteiger partial charge is 0.334 e. The Balaban J connectivity index is 2.85. The molecule has 0 atom stereocenters. The van der Waals surface area contributed by atoms with E-state index < -0.39 is 0 Å². The minimum absolute atomic E-state index is 0.541. The summed E-state index contributed by atoms with van der Waals surface area (Å²) < 4.78 is 0. The van der Waals surface area contributed by atoms with Crippen LogP contribution in [0.15, 0.2) is 11.7 Å². The number of halogens is 1. The molecule has 0 fully saturated rings. The summed E-state index contributed by atoms with van der Waals surface area (Å²) >= 11 is 4.98. The third-order valence-electron chi connectivity index (χ3n) is 0.227. The van der Waals surface area contributed by atoms with Gasteiger partial charge in [0.2, 0.25) is 6.41 Å². The highest BCUT2D eigenvalue weighted by Crippen LogP contribution is 1.68. The van der Waals surface area contributed by atoms with Crippen molar-refractivity contribution in [2.45, 2.75) is 0 Å². The number of rotatable bonds is 2. The molecule has 1 amide bonds. The fourth-order valence-electron chi connectivity index (χ4n) is 0.0757. The Labute approximate surface area is 40.8 Å².